The third-order valence-electron chi connectivity index (χ3n) is 5.05. The van der Waals surface area contributed by atoms with Crippen LogP contribution in [0.25, 0.3) is 28.6 Å². The summed E-state index contributed by atoms with van der Waals surface area (Å²) in [7, 11) is 0. The predicted molar refractivity (Wildman–Crippen MR) is 127 cm³/mol. The van der Waals surface area contributed by atoms with Gasteiger partial charge >= 0.3 is 0 Å². The summed E-state index contributed by atoms with van der Waals surface area (Å²) in [6.07, 6.45) is 3.27. The number of carbonyl (C=O) groups is 1. The van der Waals surface area contributed by atoms with E-state index in [1.54, 1.807) is 18.2 Å². The second-order valence-corrected chi connectivity index (χ2v) is 8.24. The van der Waals surface area contributed by atoms with E-state index in [-0.39, 0.29) is 5.91 Å². The molecule has 1 N–H and O–H groups in total. The number of oxazole rings is 1. The van der Waals surface area contributed by atoms with Gasteiger partial charge in [-0.05, 0) is 65.9 Å². The van der Waals surface area contributed by atoms with Gasteiger partial charge in [0.05, 0.1) is 10.7 Å². The minimum Gasteiger partial charge on any atom is -0.436 e. The van der Waals surface area contributed by atoms with E-state index in [1.165, 1.54) is 11.6 Å². The molecule has 0 saturated carbocycles. The highest BCUT2D eigenvalue weighted by molar-refractivity contribution is 6.34. The van der Waals surface area contributed by atoms with E-state index in [1.807, 2.05) is 43.3 Å². The normalized spacial score (nSPS) is 11.5. The molecular weight excluding hydrogens is 408 g/mol. The van der Waals surface area contributed by atoms with Crippen molar-refractivity contribution in [1.82, 2.24) is 4.98 Å². The molecule has 4 rings (SSSR count). The number of amides is 1. The van der Waals surface area contributed by atoms with Crippen molar-refractivity contribution < 1.29 is 9.21 Å². The van der Waals surface area contributed by atoms with Gasteiger partial charge in [0.25, 0.3) is 0 Å². The van der Waals surface area contributed by atoms with Crippen molar-refractivity contribution in [1.29, 1.82) is 0 Å². The van der Waals surface area contributed by atoms with Gasteiger partial charge < -0.3 is 9.73 Å². The fraction of sp³-hybridized carbons (Fsp3) is 0.154. The fourth-order valence-corrected chi connectivity index (χ4v) is 3.41. The Morgan fingerprint density at radius 2 is 1.84 bits per heavy atom. The van der Waals surface area contributed by atoms with Gasteiger partial charge in [0.1, 0.15) is 5.52 Å². The second kappa shape index (κ2) is 8.78. The van der Waals surface area contributed by atoms with Crippen LogP contribution in [0.1, 0.15) is 36.5 Å². The van der Waals surface area contributed by atoms with Crippen LogP contribution >= 0.6 is 11.6 Å². The Hall–Kier alpha value is -3.37. The van der Waals surface area contributed by atoms with Crippen LogP contribution in [0.5, 0.6) is 0 Å². The van der Waals surface area contributed by atoms with Crippen molar-refractivity contribution in [3.05, 3.63) is 88.5 Å². The lowest BCUT2D eigenvalue weighted by Crippen LogP contribution is -2.08. The fourth-order valence-electron chi connectivity index (χ4n) is 3.25. The highest BCUT2D eigenvalue weighted by Crippen LogP contribution is 2.30. The number of benzene rings is 3. The monoisotopic (exact) mass is 430 g/mol. The smallest absolute Gasteiger partial charge is 0.248 e. The van der Waals surface area contributed by atoms with Crippen LogP contribution in [-0.2, 0) is 4.79 Å². The number of aryl methyl sites for hydroxylation is 1. The number of nitrogens with zero attached hydrogens (tertiary/aromatic N) is 1. The Morgan fingerprint density at radius 3 is 2.58 bits per heavy atom. The first-order valence-electron chi connectivity index (χ1n) is 10.2. The Bertz CT molecular complexity index is 1270. The van der Waals surface area contributed by atoms with E-state index in [9.17, 15) is 4.79 Å². The molecule has 3 aromatic carbocycles. The minimum atomic E-state index is -0.264. The van der Waals surface area contributed by atoms with Crippen molar-refractivity contribution in [2.75, 3.05) is 5.32 Å². The zero-order valence-electron chi connectivity index (χ0n) is 17.6. The molecule has 0 fully saturated rings. The third kappa shape index (κ3) is 4.86. The summed E-state index contributed by atoms with van der Waals surface area (Å²) in [6, 6.07) is 19.3. The minimum absolute atomic E-state index is 0.264. The van der Waals surface area contributed by atoms with Gasteiger partial charge in [-0.2, -0.15) is 0 Å². The van der Waals surface area contributed by atoms with E-state index in [2.05, 4.69) is 36.3 Å². The highest BCUT2D eigenvalue weighted by Gasteiger charge is 2.12. The molecule has 0 radical (unpaired) electrons. The van der Waals surface area contributed by atoms with E-state index in [4.69, 9.17) is 16.0 Å². The average molecular weight is 431 g/mol. The molecule has 0 saturated heterocycles. The number of hydrogen-bond acceptors (Lipinski definition) is 3. The molecule has 5 heteroatoms. The van der Waals surface area contributed by atoms with Crippen LogP contribution < -0.4 is 5.32 Å². The van der Waals surface area contributed by atoms with Gasteiger partial charge in [-0.15, -0.1) is 0 Å². The predicted octanol–water partition coefficient (Wildman–Crippen LogP) is 7.23. The third-order valence-corrected chi connectivity index (χ3v) is 5.37. The van der Waals surface area contributed by atoms with Crippen molar-refractivity contribution in [3.63, 3.8) is 0 Å². The van der Waals surface area contributed by atoms with E-state index < -0.39 is 0 Å². The number of rotatable bonds is 5. The van der Waals surface area contributed by atoms with Crippen molar-refractivity contribution >= 4 is 40.4 Å². The molecule has 0 aliphatic carbocycles. The van der Waals surface area contributed by atoms with Gasteiger partial charge in [0.2, 0.25) is 11.8 Å². The van der Waals surface area contributed by atoms with Gasteiger partial charge in [-0.25, -0.2) is 4.98 Å². The molecule has 0 aliphatic heterocycles. The maximum absolute atomic E-state index is 12.4. The zero-order chi connectivity index (χ0) is 22.0. The van der Waals surface area contributed by atoms with Crippen molar-refractivity contribution in [2.24, 2.45) is 0 Å². The van der Waals surface area contributed by atoms with Gasteiger partial charge in [-0.3, -0.25) is 4.79 Å². The van der Waals surface area contributed by atoms with E-state index >= 15 is 0 Å². The summed E-state index contributed by atoms with van der Waals surface area (Å²) in [5.74, 6) is 0.690. The first-order valence-corrected chi connectivity index (χ1v) is 10.5. The molecule has 31 heavy (non-hydrogen) atoms. The lowest BCUT2D eigenvalue weighted by atomic mass is 10.0. The van der Waals surface area contributed by atoms with Gasteiger partial charge in [-0.1, -0.05) is 55.8 Å². The molecule has 0 bridgehead atoms. The van der Waals surface area contributed by atoms with Crippen LogP contribution in [0.4, 0.5) is 5.69 Å². The number of hydrogen-bond donors (Lipinski definition) is 1. The quantitative estimate of drug-likeness (QED) is 0.340. The number of carbonyl (C=O) groups excluding carboxylic acids is 1. The summed E-state index contributed by atoms with van der Waals surface area (Å²) >= 11 is 6.30. The Labute approximate surface area is 186 Å². The van der Waals surface area contributed by atoms with E-state index in [0.29, 0.717) is 22.5 Å². The summed E-state index contributed by atoms with van der Waals surface area (Å²) < 4.78 is 5.89. The lowest BCUT2D eigenvalue weighted by molar-refractivity contribution is -0.111. The maximum atomic E-state index is 12.4. The Balaban J connectivity index is 1.52. The number of aromatic nitrogens is 1. The van der Waals surface area contributed by atoms with Crippen LogP contribution in [0.2, 0.25) is 5.02 Å². The first kappa shape index (κ1) is 20.9. The topological polar surface area (TPSA) is 55.1 Å². The molecule has 4 aromatic rings. The Morgan fingerprint density at radius 1 is 1.06 bits per heavy atom. The second-order valence-electron chi connectivity index (χ2n) is 7.83. The molecule has 0 atom stereocenters. The number of halogens is 1. The summed E-state index contributed by atoms with van der Waals surface area (Å²) in [5.41, 5.74) is 6.07. The maximum Gasteiger partial charge on any atom is 0.248 e. The SMILES string of the molecule is Cc1ccc2nc(-c3ccc(Cl)c(NC(=O)C=Cc4ccc(C(C)C)cc4)c3)oc2c1. The van der Waals surface area contributed by atoms with Crippen LogP contribution in [0, 0.1) is 6.92 Å². The molecule has 0 unspecified atom stereocenters. The van der Waals surface area contributed by atoms with Gasteiger partial charge in [0.15, 0.2) is 5.58 Å². The lowest BCUT2D eigenvalue weighted by Gasteiger charge is -2.07. The summed E-state index contributed by atoms with van der Waals surface area (Å²) in [5, 5.41) is 3.28. The summed E-state index contributed by atoms with van der Waals surface area (Å²) in [6.45, 7) is 6.31. The number of anilines is 1. The molecule has 0 aliphatic rings. The molecule has 1 heterocycles. The van der Waals surface area contributed by atoms with Gasteiger partial charge in [0, 0.05) is 11.6 Å². The largest absolute Gasteiger partial charge is 0.436 e. The molecule has 1 aromatic heterocycles. The number of fused-ring (bicyclic) bond motifs is 1. The molecule has 156 valence electrons. The highest BCUT2D eigenvalue weighted by atomic mass is 35.5. The number of nitrogens with one attached hydrogen (secondary N) is 1. The van der Waals surface area contributed by atoms with Crippen LogP contribution in [0.3, 0.4) is 0 Å². The molecule has 0 spiro atoms. The first-order chi connectivity index (χ1) is 14.9. The Kier molecular flexibility index (Phi) is 5.92. The molecular formula is C26H23ClN2O2. The zero-order valence-corrected chi connectivity index (χ0v) is 18.4. The molecule has 4 nitrogen and oxygen atoms in total. The van der Waals surface area contributed by atoms with E-state index in [0.717, 1.165) is 27.8 Å². The van der Waals surface area contributed by atoms with Crippen molar-refractivity contribution in [2.45, 2.75) is 26.7 Å². The molecule has 1 amide bonds. The van der Waals surface area contributed by atoms with Crippen molar-refractivity contribution in [3.8, 4) is 11.5 Å². The van der Waals surface area contributed by atoms with Crippen LogP contribution in [-0.4, -0.2) is 10.9 Å². The average Bonchev–Trinajstić information content (AvgIpc) is 3.17. The van der Waals surface area contributed by atoms with Crippen LogP contribution in [0.15, 0.2) is 71.2 Å². The summed E-state index contributed by atoms with van der Waals surface area (Å²) in [4.78, 5) is 17.0. The standard InChI is InChI=1S/C26H23ClN2O2/c1-16(2)19-8-5-18(6-9-19)7-13-25(30)28-23-15-20(10-11-21(23)27)26-29-22-12-4-17(3)14-24(22)31-26/h4-16H,1-3H3,(H,28,30).